The van der Waals surface area contributed by atoms with Crippen LogP contribution in [0.5, 0.6) is 5.75 Å². The molecule has 0 saturated heterocycles. The van der Waals surface area contributed by atoms with Gasteiger partial charge in [0.1, 0.15) is 23.5 Å². The molecule has 2 aromatic carbocycles. The maximum Gasteiger partial charge on any atom is 0.146 e. The van der Waals surface area contributed by atoms with Crippen LogP contribution in [-0.2, 0) is 6.54 Å². The van der Waals surface area contributed by atoms with Crippen molar-refractivity contribution in [1.29, 1.82) is 5.26 Å². The van der Waals surface area contributed by atoms with Crippen molar-refractivity contribution >= 4 is 5.69 Å². The molecule has 108 valence electrons. The highest BCUT2D eigenvalue weighted by molar-refractivity contribution is 5.49. The number of methoxy groups -OCH3 is 1. The van der Waals surface area contributed by atoms with Crippen LogP contribution in [0.2, 0.25) is 0 Å². The fourth-order valence-electron chi connectivity index (χ4n) is 1.93. The third-order valence-corrected chi connectivity index (χ3v) is 3.12. The number of rotatable bonds is 4. The van der Waals surface area contributed by atoms with Crippen LogP contribution in [0.15, 0.2) is 30.3 Å². The highest BCUT2D eigenvalue weighted by Crippen LogP contribution is 2.22. The smallest absolute Gasteiger partial charge is 0.146 e. The molecule has 0 fully saturated rings. The van der Waals surface area contributed by atoms with Gasteiger partial charge >= 0.3 is 0 Å². The second kappa shape index (κ2) is 6.23. The Bertz CT molecular complexity index is 708. The number of benzene rings is 2. The molecule has 0 amide bonds. The second-order valence-corrected chi connectivity index (χ2v) is 4.58. The van der Waals surface area contributed by atoms with Crippen molar-refractivity contribution in [3.8, 4) is 11.8 Å². The Morgan fingerprint density at radius 1 is 1.19 bits per heavy atom. The van der Waals surface area contributed by atoms with Crippen molar-refractivity contribution < 1.29 is 13.5 Å². The van der Waals surface area contributed by atoms with Gasteiger partial charge in [-0.3, -0.25) is 0 Å². The van der Waals surface area contributed by atoms with Gasteiger partial charge in [0.25, 0.3) is 0 Å². The van der Waals surface area contributed by atoms with E-state index < -0.39 is 11.6 Å². The van der Waals surface area contributed by atoms with E-state index in [0.717, 1.165) is 17.7 Å². The van der Waals surface area contributed by atoms with Gasteiger partial charge in [-0.05, 0) is 36.2 Å². The van der Waals surface area contributed by atoms with Crippen molar-refractivity contribution in [2.75, 3.05) is 12.4 Å². The quantitative estimate of drug-likeness (QED) is 0.931. The molecule has 2 aromatic rings. The molecule has 0 aliphatic rings. The summed E-state index contributed by atoms with van der Waals surface area (Å²) in [6.45, 7) is 1.78. The Labute approximate surface area is 121 Å². The van der Waals surface area contributed by atoms with Crippen molar-refractivity contribution in [1.82, 2.24) is 0 Å². The van der Waals surface area contributed by atoms with Crippen LogP contribution in [0, 0.1) is 29.9 Å². The summed E-state index contributed by atoms with van der Waals surface area (Å²) in [7, 11) is 1.48. The first-order valence-corrected chi connectivity index (χ1v) is 6.31. The molecular weight excluding hydrogens is 274 g/mol. The van der Waals surface area contributed by atoms with Gasteiger partial charge in [-0.25, -0.2) is 8.78 Å². The largest absolute Gasteiger partial charge is 0.495 e. The van der Waals surface area contributed by atoms with Crippen molar-refractivity contribution in [2.24, 2.45) is 0 Å². The summed E-state index contributed by atoms with van der Waals surface area (Å²) < 4.78 is 32.2. The van der Waals surface area contributed by atoms with E-state index in [2.05, 4.69) is 5.32 Å². The second-order valence-electron chi connectivity index (χ2n) is 4.58. The van der Waals surface area contributed by atoms with E-state index >= 15 is 0 Å². The van der Waals surface area contributed by atoms with Gasteiger partial charge in [0.15, 0.2) is 0 Å². The van der Waals surface area contributed by atoms with Crippen LogP contribution in [0.1, 0.15) is 16.7 Å². The minimum Gasteiger partial charge on any atom is -0.495 e. The molecular formula is C16H14F2N2O. The highest BCUT2D eigenvalue weighted by atomic mass is 19.1. The molecule has 3 nitrogen and oxygen atoms in total. The first-order chi connectivity index (χ1) is 10.0. The summed E-state index contributed by atoms with van der Waals surface area (Å²) in [5.74, 6) is -0.497. The lowest BCUT2D eigenvalue weighted by atomic mass is 10.1. The molecule has 0 atom stereocenters. The summed E-state index contributed by atoms with van der Waals surface area (Å²) in [4.78, 5) is 0. The van der Waals surface area contributed by atoms with Crippen LogP contribution in [0.25, 0.3) is 0 Å². The molecule has 0 bridgehead atoms. The number of nitrogens with zero attached hydrogens (tertiary/aromatic N) is 1. The molecule has 0 aromatic heterocycles. The number of ether oxygens (including phenoxy) is 1. The lowest BCUT2D eigenvalue weighted by molar-refractivity contribution is 0.413. The lowest BCUT2D eigenvalue weighted by Crippen LogP contribution is -2.03. The third kappa shape index (κ3) is 3.29. The monoisotopic (exact) mass is 288 g/mol. The van der Waals surface area contributed by atoms with Gasteiger partial charge in [-0.15, -0.1) is 0 Å². The van der Waals surface area contributed by atoms with Crippen LogP contribution in [-0.4, -0.2) is 7.11 Å². The standard InChI is InChI=1S/C16H14F2N2O/c1-10-5-14(18)15(7-13(10)17)20-9-11-3-4-16(21-2)12(6-11)8-19/h3-7,20H,9H2,1-2H3. The Morgan fingerprint density at radius 2 is 1.95 bits per heavy atom. The molecule has 0 heterocycles. The molecule has 21 heavy (non-hydrogen) atoms. The van der Waals surface area contributed by atoms with Crippen molar-refractivity contribution in [2.45, 2.75) is 13.5 Å². The van der Waals surface area contributed by atoms with E-state index in [-0.39, 0.29) is 17.8 Å². The average molecular weight is 288 g/mol. The number of anilines is 1. The number of hydrogen-bond donors (Lipinski definition) is 1. The molecule has 0 aliphatic carbocycles. The van der Waals surface area contributed by atoms with E-state index in [1.54, 1.807) is 18.2 Å². The third-order valence-electron chi connectivity index (χ3n) is 3.12. The van der Waals surface area contributed by atoms with Crippen LogP contribution in [0.4, 0.5) is 14.5 Å². The molecule has 0 radical (unpaired) electrons. The molecule has 1 N–H and O–H groups in total. The van der Waals surface area contributed by atoms with Crippen LogP contribution >= 0.6 is 0 Å². The molecule has 5 heteroatoms. The fraction of sp³-hybridized carbons (Fsp3) is 0.188. The Balaban J connectivity index is 2.17. The summed E-state index contributed by atoms with van der Waals surface area (Å²) >= 11 is 0. The van der Waals surface area contributed by atoms with Gasteiger partial charge < -0.3 is 10.1 Å². The minimum atomic E-state index is -0.511. The van der Waals surface area contributed by atoms with Crippen molar-refractivity contribution in [3.05, 3.63) is 58.7 Å². The fourth-order valence-corrected chi connectivity index (χ4v) is 1.93. The first-order valence-electron chi connectivity index (χ1n) is 6.31. The molecule has 0 saturated carbocycles. The van der Waals surface area contributed by atoms with Gasteiger partial charge in [-0.1, -0.05) is 6.07 Å². The topological polar surface area (TPSA) is 45.0 Å². The van der Waals surface area contributed by atoms with Crippen molar-refractivity contribution in [3.63, 3.8) is 0 Å². The molecule has 0 unspecified atom stereocenters. The van der Waals surface area contributed by atoms with E-state index in [1.165, 1.54) is 14.0 Å². The summed E-state index contributed by atoms with van der Waals surface area (Å²) in [5.41, 5.74) is 1.52. The number of nitriles is 1. The zero-order valence-electron chi connectivity index (χ0n) is 11.7. The first kappa shape index (κ1) is 14.8. The zero-order chi connectivity index (χ0) is 15.4. The summed E-state index contributed by atoms with van der Waals surface area (Å²) in [5, 5.41) is 11.8. The summed E-state index contributed by atoms with van der Waals surface area (Å²) in [6, 6.07) is 9.37. The minimum absolute atomic E-state index is 0.0902. The number of nitrogens with one attached hydrogen (secondary N) is 1. The van der Waals surface area contributed by atoms with E-state index in [0.29, 0.717) is 11.3 Å². The lowest BCUT2D eigenvalue weighted by Gasteiger charge is -2.10. The highest BCUT2D eigenvalue weighted by Gasteiger charge is 2.08. The van der Waals surface area contributed by atoms with Crippen LogP contribution in [0.3, 0.4) is 0 Å². The Kier molecular flexibility index (Phi) is 4.39. The Morgan fingerprint density at radius 3 is 2.62 bits per heavy atom. The number of aryl methyl sites for hydroxylation is 1. The average Bonchev–Trinajstić information content (AvgIpc) is 2.49. The van der Waals surface area contributed by atoms with Gasteiger partial charge in [0, 0.05) is 12.6 Å². The van der Waals surface area contributed by atoms with E-state index in [9.17, 15) is 8.78 Å². The summed E-state index contributed by atoms with van der Waals surface area (Å²) in [6.07, 6.45) is 0. The number of halogens is 2. The molecule has 0 spiro atoms. The van der Waals surface area contributed by atoms with Gasteiger partial charge in [-0.2, -0.15) is 5.26 Å². The van der Waals surface area contributed by atoms with Gasteiger partial charge in [0.05, 0.1) is 18.4 Å². The molecule has 2 rings (SSSR count). The molecule has 0 aliphatic heterocycles. The van der Waals surface area contributed by atoms with E-state index in [4.69, 9.17) is 10.00 Å². The SMILES string of the molecule is COc1ccc(CNc2cc(F)c(C)cc2F)cc1C#N. The maximum absolute atomic E-state index is 13.7. The van der Waals surface area contributed by atoms with Crippen LogP contribution < -0.4 is 10.1 Å². The maximum atomic E-state index is 13.7. The predicted octanol–water partition coefficient (Wildman–Crippen LogP) is 3.77. The predicted molar refractivity (Wildman–Crippen MR) is 76.1 cm³/mol. The zero-order valence-corrected chi connectivity index (χ0v) is 11.7. The number of hydrogen-bond acceptors (Lipinski definition) is 3. The Hall–Kier alpha value is -2.61. The van der Waals surface area contributed by atoms with Gasteiger partial charge in [0.2, 0.25) is 0 Å². The normalized spacial score (nSPS) is 10.0. The van der Waals surface area contributed by atoms with E-state index in [1.807, 2.05) is 6.07 Å².